The normalized spacial score (nSPS) is 12.5. The number of rotatable bonds is 14. The standard InChI is InChI=1S/C20H36N2O2/c1-4-6-7-8-9-10-11-12-13-14-19-21(5-2)15-16-22(19)17-18(3)20(23)24/h15-16,18H,4-14,17H2,1-3H3/p+1. The molecule has 1 heterocycles. The Labute approximate surface area is 147 Å². The topological polar surface area (TPSA) is 46.1 Å². The first-order chi connectivity index (χ1) is 11.6. The van der Waals surface area contributed by atoms with Crippen molar-refractivity contribution < 1.29 is 14.5 Å². The summed E-state index contributed by atoms with van der Waals surface area (Å²) in [6.45, 7) is 7.69. The molecule has 0 spiro atoms. The summed E-state index contributed by atoms with van der Waals surface area (Å²) in [6.07, 6.45) is 17.2. The average Bonchev–Trinajstić information content (AvgIpc) is 2.95. The number of aryl methyl sites for hydroxylation is 1. The molecule has 1 atom stereocenters. The molecule has 24 heavy (non-hydrogen) atoms. The molecule has 1 rings (SSSR count). The Balaban J connectivity index is 2.33. The van der Waals surface area contributed by atoms with Crippen LogP contribution in [-0.4, -0.2) is 15.6 Å². The van der Waals surface area contributed by atoms with Crippen LogP contribution in [0.4, 0.5) is 0 Å². The number of carbonyl (C=O) groups is 1. The van der Waals surface area contributed by atoms with Crippen LogP contribution in [-0.2, 0) is 24.3 Å². The van der Waals surface area contributed by atoms with E-state index >= 15 is 0 Å². The Bertz CT molecular complexity index is 468. The molecule has 1 unspecified atom stereocenters. The van der Waals surface area contributed by atoms with Crippen molar-refractivity contribution in [3.8, 4) is 0 Å². The quantitative estimate of drug-likeness (QED) is 0.399. The number of aliphatic carboxylic acids is 1. The Morgan fingerprint density at radius 2 is 1.67 bits per heavy atom. The van der Waals surface area contributed by atoms with Crippen LogP contribution in [0, 0.1) is 5.92 Å². The SMILES string of the molecule is CCCCCCCCCCCc1n(CC)cc[n+]1CC(C)C(=O)O. The highest BCUT2D eigenvalue weighted by molar-refractivity contribution is 5.69. The second-order valence-corrected chi connectivity index (χ2v) is 6.97. The molecule has 1 aromatic rings. The number of hydrogen-bond acceptors (Lipinski definition) is 1. The molecule has 0 aromatic carbocycles. The molecule has 0 fully saturated rings. The Morgan fingerprint density at radius 1 is 1.08 bits per heavy atom. The number of nitrogens with zero attached hydrogens (tertiary/aromatic N) is 2. The van der Waals surface area contributed by atoms with Crippen LogP contribution < -0.4 is 4.57 Å². The summed E-state index contributed by atoms with van der Waals surface area (Å²) in [5.41, 5.74) is 0. The van der Waals surface area contributed by atoms with Gasteiger partial charge < -0.3 is 5.11 Å². The van der Waals surface area contributed by atoms with E-state index in [1.807, 2.05) is 6.20 Å². The van der Waals surface area contributed by atoms with E-state index in [0.717, 1.165) is 13.0 Å². The third-order valence-corrected chi connectivity index (χ3v) is 4.83. The highest BCUT2D eigenvalue weighted by Crippen LogP contribution is 2.11. The number of carboxylic acids is 1. The molecule has 1 aromatic heterocycles. The van der Waals surface area contributed by atoms with Gasteiger partial charge in [0.1, 0.15) is 18.9 Å². The van der Waals surface area contributed by atoms with Crippen molar-refractivity contribution in [2.75, 3.05) is 0 Å². The molecule has 0 aliphatic heterocycles. The first kappa shape index (κ1) is 20.7. The first-order valence-electron chi connectivity index (χ1n) is 9.90. The van der Waals surface area contributed by atoms with E-state index in [4.69, 9.17) is 5.11 Å². The van der Waals surface area contributed by atoms with Gasteiger partial charge in [-0.3, -0.25) is 4.79 Å². The minimum absolute atomic E-state index is 0.343. The van der Waals surface area contributed by atoms with Crippen LogP contribution in [0.3, 0.4) is 0 Å². The second-order valence-electron chi connectivity index (χ2n) is 6.97. The summed E-state index contributed by atoms with van der Waals surface area (Å²) in [6, 6.07) is 0. The summed E-state index contributed by atoms with van der Waals surface area (Å²) < 4.78 is 4.38. The van der Waals surface area contributed by atoms with E-state index in [1.54, 1.807) is 6.92 Å². The monoisotopic (exact) mass is 337 g/mol. The van der Waals surface area contributed by atoms with Crippen LogP contribution in [0.5, 0.6) is 0 Å². The van der Waals surface area contributed by atoms with Crippen molar-refractivity contribution in [1.29, 1.82) is 0 Å². The number of aromatic nitrogens is 2. The highest BCUT2D eigenvalue weighted by Gasteiger charge is 2.20. The van der Waals surface area contributed by atoms with Crippen molar-refractivity contribution in [2.45, 2.75) is 98.1 Å². The molecule has 0 saturated carbocycles. The van der Waals surface area contributed by atoms with Crippen molar-refractivity contribution in [1.82, 2.24) is 4.57 Å². The minimum atomic E-state index is -0.722. The molecule has 0 aliphatic rings. The number of unbranched alkanes of at least 4 members (excludes halogenated alkanes) is 8. The summed E-state index contributed by atoms with van der Waals surface area (Å²) in [4.78, 5) is 11.1. The van der Waals surface area contributed by atoms with Crippen molar-refractivity contribution in [3.05, 3.63) is 18.2 Å². The van der Waals surface area contributed by atoms with Crippen molar-refractivity contribution >= 4 is 5.97 Å². The first-order valence-corrected chi connectivity index (χ1v) is 9.90. The Hall–Kier alpha value is -1.32. The largest absolute Gasteiger partial charge is 0.481 e. The molecule has 138 valence electrons. The third kappa shape index (κ3) is 7.50. The van der Waals surface area contributed by atoms with Crippen LogP contribution in [0.2, 0.25) is 0 Å². The zero-order chi connectivity index (χ0) is 17.8. The molecular weight excluding hydrogens is 300 g/mol. The van der Waals surface area contributed by atoms with Gasteiger partial charge in [-0.25, -0.2) is 9.13 Å². The third-order valence-electron chi connectivity index (χ3n) is 4.83. The molecule has 4 heteroatoms. The number of hydrogen-bond donors (Lipinski definition) is 1. The summed E-state index contributed by atoms with van der Waals surface area (Å²) in [5.74, 6) is 0.207. The van der Waals surface area contributed by atoms with Crippen LogP contribution in [0.25, 0.3) is 0 Å². The van der Waals surface area contributed by atoms with E-state index in [-0.39, 0.29) is 5.92 Å². The fraction of sp³-hybridized carbons (Fsp3) is 0.800. The van der Waals surface area contributed by atoms with Crippen LogP contribution in [0.1, 0.15) is 84.4 Å². The summed E-state index contributed by atoms with van der Waals surface area (Å²) in [7, 11) is 0. The van der Waals surface area contributed by atoms with E-state index < -0.39 is 5.97 Å². The van der Waals surface area contributed by atoms with Gasteiger partial charge in [0.25, 0.3) is 5.82 Å². The lowest BCUT2D eigenvalue weighted by molar-refractivity contribution is -0.707. The smallest absolute Gasteiger partial charge is 0.310 e. The molecule has 0 saturated heterocycles. The maximum absolute atomic E-state index is 11.1. The predicted octanol–water partition coefficient (Wildman–Crippen LogP) is 4.59. The second kappa shape index (κ2) is 12.1. The molecular formula is C20H37N2O2+. The molecule has 0 bridgehead atoms. The maximum Gasteiger partial charge on any atom is 0.310 e. The van der Waals surface area contributed by atoms with E-state index in [2.05, 4.69) is 29.2 Å². The van der Waals surface area contributed by atoms with Crippen molar-refractivity contribution in [2.24, 2.45) is 5.92 Å². The van der Waals surface area contributed by atoms with Gasteiger partial charge in [0.15, 0.2) is 0 Å². The lowest BCUT2D eigenvalue weighted by Gasteiger charge is -2.07. The fourth-order valence-electron chi connectivity index (χ4n) is 3.21. The van der Waals surface area contributed by atoms with E-state index in [1.165, 1.54) is 63.6 Å². The van der Waals surface area contributed by atoms with Gasteiger partial charge in [-0.05, 0) is 20.3 Å². The van der Waals surface area contributed by atoms with E-state index in [0.29, 0.717) is 6.54 Å². The Morgan fingerprint density at radius 3 is 2.21 bits per heavy atom. The van der Waals surface area contributed by atoms with Gasteiger partial charge in [0.05, 0.1) is 12.5 Å². The van der Waals surface area contributed by atoms with Gasteiger partial charge in [0.2, 0.25) is 0 Å². The lowest BCUT2D eigenvalue weighted by Crippen LogP contribution is -2.41. The predicted molar refractivity (Wildman–Crippen MR) is 98.0 cm³/mol. The highest BCUT2D eigenvalue weighted by atomic mass is 16.4. The summed E-state index contributed by atoms with van der Waals surface area (Å²) in [5, 5.41) is 9.13. The zero-order valence-electron chi connectivity index (χ0n) is 16.0. The Kier molecular flexibility index (Phi) is 10.4. The van der Waals surface area contributed by atoms with E-state index in [9.17, 15) is 4.79 Å². The van der Waals surface area contributed by atoms with Crippen LogP contribution in [0.15, 0.2) is 12.4 Å². The molecule has 0 amide bonds. The summed E-state index contributed by atoms with van der Waals surface area (Å²) >= 11 is 0. The van der Waals surface area contributed by atoms with Gasteiger partial charge in [-0.15, -0.1) is 0 Å². The van der Waals surface area contributed by atoms with Gasteiger partial charge >= 0.3 is 5.97 Å². The lowest BCUT2D eigenvalue weighted by atomic mass is 10.1. The average molecular weight is 338 g/mol. The number of carboxylic acid groups (broad SMARTS) is 1. The molecule has 4 nitrogen and oxygen atoms in total. The molecule has 0 radical (unpaired) electrons. The van der Waals surface area contributed by atoms with Gasteiger partial charge in [-0.2, -0.15) is 0 Å². The fourth-order valence-corrected chi connectivity index (χ4v) is 3.21. The maximum atomic E-state index is 11.1. The van der Waals surface area contributed by atoms with Gasteiger partial charge in [-0.1, -0.05) is 58.3 Å². The van der Waals surface area contributed by atoms with Crippen molar-refractivity contribution in [3.63, 3.8) is 0 Å². The molecule has 0 aliphatic carbocycles. The minimum Gasteiger partial charge on any atom is -0.481 e. The molecule has 1 N–H and O–H groups in total. The van der Waals surface area contributed by atoms with Crippen LogP contribution >= 0.6 is 0 Å². The zero-order valence-corrected chi connectivity index (χ0v) is 16.0. The number of imidazole rings is 1. The van der Waals surface area contributed by atoms with Gasteiger partial charge in [0, 0.05) is 6.42 Å².